The van der Waals surface area contributed by atoms with Gasteiger partial charge in [0, 0.05) is 36.1 Å². The molecule has 33 heavy (non-hydrogen) atoms. The number of amides is 1. The Labute approximate surface area is 198 Å². The molecule has 7 nitrogen and oxygen atoms in total. The third-order valence-electron chi connectivity index (χ3n) is 5.88. The van der Waals surface area contributed by atoms with Crippen LogP contribution >= 0.6 is 11.6 Å². The number of nitrogens with one attached hydrogen (secondary N) is 1. The summed E-state index contributed by atoms with van der Waals surface area (Å²) >= 11 is 6.20. The van der Waals surface area contributed by atoms with Crippen LogP contribution < -0.4 is 5.32 Å². The van der Waals surface area contributed by atoms with Crippen LogP contribution in [0.3, 0.4) is 0 Å². The van der Waals surface area contributed by atoms with Gasteiger partial charge in [0.25, 0.3) is 0 Å². The zero-order valence-corrected chi connectivity index (χ0v) is 20.0. The number of hydrogen-bond donors (Lipinski definition) is 1. The average Bonchev–Trinajstić information content (AvgIpc) is 2.80. The van der Waals surface area contributed by atoms with Crippen LogP contribution in [-0.4, -0.2) is 57.3 Å². The first kappa shape index (κ1) is 25.1. The summed E-state index contributed by atoms with van der Waals surface area (Å²) in [5, 5.41) is 12.4. The molecule has 2 aromatic rings. The van der Waals surface area contributed by atoms with E-state index in [4.69, 9.17) is 11.6 Å². The second kappa shape index (κ2) is 10.6. The molecule has 10 heteroatoms. The van der Waals surface area contributed by atoms with E-state index >= 15 is 0 Å². The van der Waals surface area contributed by atoms with Gasteiger partial charge in [0.15, 0.2) is 0 Å². The standard InChI is InChI=1S/C23H26ClFN4O3S/c1-28(2)20(22-18(24)7-5-8-19(22)25)15-27-23(30)16-10-12-29(13-11-16)33(31,32)21-9-4-3-6-17(21)14-26/h3-9,16,20H,10-13,15H2,1-2H3,(H,27,30). The molecule has 1 N–H and O–H groups in total. The van der Waals surface area contributed by atoms with Gasteiger partial charge in [0.1, 0.15) is 11.9 Å². The minimum Gasteiger partial charge on any atom is -0.354 e. The highest BCUT2D eigenvalue weighted by molar-refractivity contribution is 7.89. The predicted molar refractivity (Wildman–Crippen MR) is 123 cm³/mol. The van der Waals surface area contributed by atoms with E-state index in [9.17, 15) is 22.9 Å². The lowest BCUT2D eigenvalue weighted by molar-refractivity contribution is -0.126. The lowest BCUT2D eigenvalue weighted by Crippen LogP contribution is -2.44. The van der Waals surface area contributed by atoms with Gasteiger partial charge in [0.05, 0.1) is 16.5 Å². The van der Waals surface area contributed by atoms with Crippen LogP contribution in [0.5, 0.6) is 0 Å². The SMILES string of the molecule is CN(C)C(CNC(=O)C1CCN(S(=O)(=O)c2ccccc2C#N)CC1)c1c(F)cccc1Cl. The number of benzene rings is 2. The van der Waals surface area contributed by atoms with Crippen molar-refractivity contribution in [3.8, 4) is 6.07 Å². The van der Waals surface area contributed by atoms with Crippen LogP contribution in [0.2, 0.25) is 5.02 Å². The summed E-state index contributed by atoms with van der Waals surface area (Å²) in [6.45, 7) is 0.521. The molecule has 1 atom stereocenters. The Kier molecular flexibility index (Phi) is 8.08. The summed E-state index contributed by atoms with van der Waals surface area (Å²) in [4.78, 5) is 14.5. The molecule has 2 aromatic carbocycles. The first-order valence-corrected chi connectivity index (χ1v) is 12.4. The number of nitrogens with zero attached hydrogens (tertiary/aromatic N) is 3. The number of nitriles is 1. The Bertz CT molecular complexity index is 1140. The second-order valence-corrected chi connectivity index (χ2v) is 10.5. The Morgan fingerprint density at radius 2 is 1.91 bits per heavy atom. The molecule has 0 bridgehead atoms. The number of carbonyl (C=O) groups is 1. The van der Waals surface area contributed by atoms with E-state index in [-0.39, 0.29) is 41.9 Å². The van der Waals surface area contributed by atoms with Crippen molar-refractivity contribution < 1.29 is 17.6 Å². The molecule has 1 aliphatic heterocycles. The van der Waals surface area contributed by atoms with Crippen LogP contribution in [0.15, 0.2) is 47.4 Å². The van der Waals surface area contributed by atoms with Crippen molar-refractivity contribution in [3.63, 3.8) is 0 Å². The molecule has 0 saturated carbocycles. The van der Waals surface area contributed by atoms with Gasteiger partial charge in [-0.3, -0.25) is 4.79 Å². The number of likely N-dealkylation sites (N-methyl/N-ethyl adjacent to an activating group) is 1. The Balaban J connectivity index is 1.63. The number of sulfonamides is 1. The minimum absolute atomic E-state index is 0.0222. The monoisotopic (exact) mass is 492 g/mol. The van der Waals surface area contributed by atoms with Crippen LogP contribution in [0.4, 0.5) is 4.39 Å². The molecule has 3 rings (SSSR count). The van der Waals surface area contributed by atoms with Gasteiger partial charge in [0.2, 0.25) is 15.9 Å². The van der Waals surface area contributed by atoms with E-state index in [1.54, 1.807) is 37.2 Å². The van der Waals surface area contributed by atoms with Crippen molar-refractivity contribution in [2.24, 2.45) is 5.92 Å². The molecule has 0 aromatic heterocycles. The maximum Gasteiger partial charge on any atom is 0.244 e. The van der Waals surface area contributed by atoms with Crippen molar-refractivity contribution in [1.82, 2.24) is 14.5 Å². The predicted octanol–water partition coefficient (Wildman–Crippen LogP) is 3.17. The quantitative estimate of drug-likeness (QED) is 0.640. The van der Waals surface area contributed by atoms with Gasteiger partial charge >= 0.3 is 0 Å². The van der Waals surface area contributed by atoms with E-state index in [0.717, 1.165) is 0 Å². The maximum atomic E-state index is 14.4. The molecule has 1 fully saturated rings. The summed E-state index contributed by atoms with van der Waals surface area (Å²) < 4.78 is 41.6. The highest BCUT2D eigenvalue weighted by atomic mass is 35.5. The smallest absolute Gasteiger partial charge is 0.244 e. The van der Waals surface area contributed by atoms with Gasteiger partial charge < -0.3 is 10.2 Å². The molecule has 1 aliphatic rings. The first-order chi connectivity index (χ1) is 15.7. The molecule has 0 spiro atoms. The lowest BCUT2D eigenvalue weighted by atomic mass is 9.97. The fraction of sp³-hybridized carbons (Fsp3) is 0.391. The Hall–Kier alpha value is -2.51. The van der Waals surface area contributed by atoms with Gasteiger partial charge in [-0.15, -0.1) is 0 Å². The van der Waals surface area contributed by atoms with E-state index in [1.165, 1.54) is 28.6 Å². The van der Waals surface area contributed by atoms with E-state index < -0.39 is 21.9 Å². The fourth-order valence-electron chi connectivity index (χ4n) is 3.99. The Morgan fingerprint density at radius 1 is 1.24 bits per heavy atom. The number of halogens is 2. The van der Waals surface area contributed by atoms with Crippen LogP contribution in [-0.2, 0) is 14.8 Å². The molecule has 0 aliphatic carbocycles. The fourth-order valence-corrected chi connectivity index (χ4v) is 5.90. The molecule has 1 amide bonds. The number of piperidine rings is 1. The van der Waals surface area contributed by atoms with Crippen LogP contribution in [0.25, 0.3) is 0 Å². The third kappa shape index (κ3) is 5.53. The Morgan fingerprint density at radius 3 is 2.52 bits per heavy atom. The van der Waals surface area contributed by atoms with Gasteiger partial charge in [-0.2, -0.15) is 9.57 Å². The third-order valence-corrected chi connectivity index (χ3v) is 8.16. The number of hydrogen-bond acceptors (Lipinski definition) is 5. The number of rotatable bonds is 7. The van der Waals surface area contributed by atoms with E-state index in [0.29, 0.717) is 23.4 Å². The van der Waals surface area contributed by atoms with Crippen molar-refractivity contribution in [1.29, 1.82) is 5.26 Å². The van der Waals surface area contributed by atoms with Gasteiger partial charge in [-0.1, -0.05) is 29.8 Å². The minimum atomic E-state index is -3.82. The number of carbonyl (C=O) groups excluding carboxylic acids is 1. The maximum absolute atomic E-state index is 14.4. The molecular formula is C23H26ClFN4O3S. The molecular weight excluding hydrogens is 467 g/mol. The molecule has 176 valence electrons. The van der Waals surface area contributed by atoms with Crippen LogP contribution in [0.1, 0.15) is 30.0 Å². The highest BCUT2D eigenvalue weighted by Gasteiger charge is 2.33. The summed E-state index contributed by atoms with van der Waals surface area (Å²) in [6, 6.07) is 12.0. The average molecular weight is 493 g/mol. The van der Waals surface area contributed by atoms with E-state index in [1.807, 2.05) is 6.07 Å². The van der Waals surface area contributed by atoms with E-state index in [2.05, 4.69) is 5.32 Å². The van der Waals surface area contributed by atoms with Crippen molar-refractivity contribution in [2.75, 3.05) is 33.7 Å². The lowest BCUT2D eigenvalue weighted by Gasteiger charge is -2.32. The van der Waals surface area contributed by atoms with Crippen molar-refractivity contribution in [2.45, 2.75) is 23.8 Å². The molecule has 1 heterocycles. The summed E-state index contributed by atoms with van der Waals surface area (Å²) in [5.41, 5.74) is 0.417. The zero-order chi connectivity index (χ0) is 24.2. The van der Waals surface area contributed by atoms with Crippen LogP contribution in [0, 0.1) is 23.1 Å². The zero-order valence-electron chi connectivity index (χ0n) is 18.5. The topological polar surface area (TPSA) is 93.5 Å². The molecule has 0 radical (unpaired) electrons. The first-order valence-electron chi connectivity index (χ1n) is 10.5. The highest BCUT2D eigenvalue weighted by Crippen LogP contribution is 2.29. The normalized spacial score (nSPS) is 16.4. The summed E-state index contributed by atoms with van der Waals surface area (Å²) in [7, 11) is -0.261. The summed E-state index contributed by atoms with van der Waals surface area (Å²) in [5.74, 6) is -1.00. The second-order valence-electron chi connectivity index (χ2n) is 8.15. The van der Waals surface area contributed by atoms with Gasteiger partial charge in [-0.05, 0) is 51.2 Å². The van der Waals surface area contributed by atoms with Crippen molar-refractivity contribution in [3.05, 3.63) is 64.4 Å². The summed E-state index contributed by atoms with van der Waals surface area (Å²) in [6.07, 6.45) is 0.708. The largest absolute Gasteiger partial charge is 0.354 e. The molecule has 1 saturated heterocycles. The van der Waals surface area contributed by atoms with Crippen molar-refractivity contribution >= 4 is 27.5 Å². The molecule has 1 unspecified atom stereocenters. The van der Waals surface area contributed by atoms with Gasteiger partial charge in [-0.25, -0.2) is 12.8 Å².